The first kappa shape index (κ1) is 11.7. The molecule has 0 saturated carbocycles. The van der Waals surface area contributed by atoms with Crippen LogP contribution < -0.4 is 0 Å². The Morgan fingerprint density at radius 2 is 1.76 bits per heavy atom. The summed E-state index contributed by atoms with van der Waals surface area (Å²) in [6.07, 6.45) is -1.15. The highest BCUT2D eigenvalue weighted by molar-refractivity contribution is 5.33. The summed E-state index contributed by atoms with van der Waals surface area (Å²) < 4.78 is 26.6. The van der Waals surface area contributed by atoms with Crippen molar-refractivity contribution in [3.8, 4) is 0 Å². The molecule has 0 fully saturated rings. The minimum Gasteiger partial charge on any atom is -0.384 e. The van der Waals surface area contributed by atoms with Crippen molar-refractivity contribution in [2.24, 2.45) is 0 Å². The Morgan fingerprint density at radius 3 is 2.47 bits per heavy atom. The number of rotatable bonds is 2. The number of aliphatic hydroxyl groups is 1. The molecule has 0 bridgehead atoms. The van der Waals surface area contributed by atoms with Gasteiger partial charge in [-0.05, 0) is 18.6 Å². The van der Waals surface area contributed by atoms with Crippen molar-refractivity contribution in [1.82, 2.24) is 0 Å². The number of halogens is 2. The molecule has 0 radical (unpaired) electrons. The molecule has 1 N–H and O–H groups in total. The molecule has 1 nitrogen and oxygen atoms in total. The third-order valence-electron chi connectivity index (χ3n) is 2.63. The van der Waals surface area contributed by atoms with E-state index in [4.69, 9.17) is 0 Å². The summed E-state index contributed by atoms with van der Waals surface area (Å²) >= 11 is 0. The van der Waals surface area contributed by atoms with Crippen LogP contribution in [0, 0.1) is 18.6 Å². The highest BCUT2D eigenvalue weighted by atomic mass is 19.2. The van der Waals surface area contributed by atoms with Crippen molar-refractivity contribution in [3.05, 3.63) is 70.8 Å². The van der Waals surface area contributed by atoms with Crippen molar-refractivity contribution in [2.45, 2.75) is 13.0 Å². The fraction of sp³-hybridized carbons (Fsp3) is 0.143. The van der Waals surface area contributed by atoms with Gasteiger partial charge in [-0.25, -0.2) is 8.78 Å². The maximum atomic E-state index is 13.5. The van der Waals surface area contributed by atoms with Gasteiger partial charge in [-0.1, -0.05) is 42.0 Å². The lowest BCUT2D eigenvalue weighted by atomic mass is 9.99. The van der Waals surface area contributed by atoms with Gasteiger partial charge in [0.05, 0.1) is 0 Å². The average molecular weight is 234 g/mol. The van der Waals surface area contributed by atoms with Gasteiger partial charge in [0.15, 0.2) is 11.6 Å². The Hall–Kier alpha value is -1.74. The molecule has 2 aromatic rings. The van der Waals surface area contributed by atoms with Crippen LogP contribution in [0.2, 0.25) is 0 Å². The summed E-state index contributed by atoms with van der Waals surface area (Å²) in [6.45, 7) is 1.87. The second-order valence-electron chi connectivity index (χ2n) is 3.96. The molecule has 1 atom stereocenters. The lowest BCUT2D eigenvalue weighted by molar-refractivity contribution is 0.213. The summed E-state index contributed by atoms with van der Waals surface area (Å²) in [7, 11) is 0. The van der Waals surface area contributed by atoms with E-state index < -0.39 is 17.7 Å². The highest BCUT2D eigenvalue weighted by Gasteiger charge is 2.17. The minimum atomic E-state index is -1.15. The van der Waals surface area contributed by atoms with Crippen LogP contribution in [0.5, 0.6) is 0 Å². The Kier molecular flexibility index (Phi) is 3.20. The van der Waals surface area contributed by atoms with E-state index in [1.807, 2.05) is 13.0 Å². The molecule has 0 aliphatic rings. The maximum absolute atomic E-state index is 13.5. The van der Waals surface area contributed by atoms with Crippen LogP contribution in [-0.2, 0) is 0 Å². The molecule has 2 aromatic carbocycles. The molecule has 3 heteroatoms. The molecule has 1 unspecified atom stereocenters. The van der Waals surface area contributed by atoms with Gasteiger partial charge in [0.2, 0.25) is 0 Å². The number of aryl methyl sites for hydroxylation is 1. The minimum absolute atomic E-state index is 0.0457. The van der Waals surface area contributed by atoms with Gasteiger partial charge in [0.1, 0.15) is 6.10 Å². The molecule has 88 valence electrons. The molecular weight excluding hydrogens is 222 g/mol. The van der Waals surface area contributed by atoms with Gasteiger partial charge in [-0.2, -0.15) is 0 Å². The van der Waals surface area contributed by atoms with Crippen LogP contribution in [0.25, 0.3) is 0 Å². The van der Waals surface area contributed by atoms with Gasteiger partial charge >= 0.3 is 0 Å². The van der Waals surface area contributed by atoms with Crippen LogP contribution in [0.3, 0.4) is 0 Å². The maximum Gasteiger partial charge on any atom is 0.164 e. The fourth-order valence-corrected chi connectivity index (χ4v) is 1.75. The van der Waals surface area contributed by atoms with Crippen molar-refractivity contribution < 1.29 is 13.9 Å². The van der Waals surface area contributed by atoms with Gasteiger partial charge in [-0.3, -0.25) is 0 Å². The van der Waals surface area contributed by atoms with E-state index in [0.717, 1.165) is 11.6 Å². The van der Waals surface area contributed by atoms with Gasteiger partial charge in [0.25, 0.3) is 0 Å². The molecule has 0 amide bonds. The first-order valence-corrected chi connectivity index (χ1v) is 5.28. The van der Waals surface area contributed by atoms with Crippen LogP contribution >= 0.6 is 0 Å². The number of benzene rings is 2. The normalized spacial score (nSPS) is 12.5. The average Bonchev–Trinajstić information content (AvgIpc) is 2.32. The predicted octanol–water partition coefficient (Wildman–Crippen LogP) is 3.35. The Labute approximate surface area is 98.3 Å². The number of hydrogen-bond acceptors (Lipinski definition) is 1. The monoisotopic (exact) mass is 234 g/mol. The Morgan fingerprint density at radius 1 is 1.06 bits per heavy atom. The quantitative estimate of drug-likeness (QED) is 0.844. The first-order chi connectivity index (χ1) is 8.09. The molecule has 0 saturated heterocycles. The van der Waals surface area contributed by atoms with Crippen molar-refractivity contribution in [2.75, 3.05) is 0 Å². The van der Waals surface area contributed by atoms with Crippen LogP contribution in [0.15, 0.2) is 42.5 Å². The highest BCUT2D eigenvalue weighted by Crippen LogP contribution is 2.25. The third-order valence-corrected chi connectivity index (χ3v) is 2.63. The second-order valence-corrected chi connectivity index (χ2v) is 3.96. The summed E-state index contributed by atoms with van der Waals surface area (Å²) in [5.41, 5.74) is 1.46. The smallest absolute Gasteiger partial charge is 0.164 e. The van der Waals surface area contributed by atoms with Crippen LogP contribution in [-0.4, -0.2) is 5.11 Å². The van der Waals surface area contributed by atoms with Gasteiger partial charge in [-0.15, -0.1) is 0 Å². The van der Waals surface area contributed by atoms with E-state index in [0.29, 0.717) is 5.56 Å². The van der Waals surface area contributed by atoms with Gasteiger partial charge < -0.3 is 5.11 Å². The van der Waals surface area contributed by atoms with E-state index >= 15 is 0 Å². The molecule has 2 rings (SSSR count). The summed E-state index contributed by atoms with van der Waals surface area (Å²) in [6, 6.07) is 10.9. The molecule has 0 aromatic heterocycles. The largest absolute Gasteiger partial charge is 0.384 e. The van der Waals surface area contributed by atoms with E-state index in [9.17, 15) is 13.9 Å². The summed E-state index contributed by atoms with van der Waals surface area (Å²) in [5.74, 6) is -1.95. The molecule has 0 aliphatic heterocycles. The van der Waals surface area contributed by atoms with Gasteiger partial charge in [0, 0.05) is 5.56 Å². The Bertz CT molecular complexity index is 537. The number of hydrogen-bond donors (Lipinski definition) is 1. The lowest BCUT2D eigenvalue weighted by Gasteiger charge is -2.13. The fourth-order valence-electron chi connectivity index (χ4n) is 1.75. The zero-order chi connectivity index (χ0) is 12.4. The molecular formula is C14H12F2O. The summed E-state index contributed by atoms with van der Waals surface area (Å²) in [4.78, 5) is 0. The standard InChI is InChI=1S/C14H12F2O/c1-9-4-2-5-10(8-9)14(17)11-6-3-7-12(15)13(11)16/h2-8,14,17H,1H3. The van der Waals surface area contributed by atoms with Crippen molar-refractivity contribution >= 4 is 0 Å². The molecule has 0 aliphatic carbocycles. The van der Waals surface area contributed by atoms with Crippen LogP contribution in [0.4, 0.5) is 8.78 Å². The first-order valence-electron chi connectivity index (χ1n) is 5.28. The van der Waals surface area contributed by atoms with Crippen molar-refractivity contribution in [1.29, 1.82) is 0 Å². The Balaban J connectivity index is 2.44. The SMILES string of the molecule is Cc1cccc(C(O)c2cccc(F)c2F)c1. The zero-order valence-electron chi connectivity index (χ0n) is 9.32. The molecule has 0 spiro atoms. The number of aliphatic hydroxyl groups excluding tert-OH is 1. The molecule has 17 heavy (non-hydrogen) atoms. The topological polar surface area (TPSA) is 20.2 Å². The molecule has 0 heterocycles. The zero-order valence-corrected chi connectivity index (χ0v) is 9.32. The second kappa shape index (κ2) is 4.63. The van der Waals surface area contributed by atoms with E-state index in [1.165, 1.54) is 12.1 Å². The van der Waals surface area contributed by atoms with Crippen LogP contribution in [0.1, 0.15) is 22.8 Å². The van der Waals surface area contributed by atoms with E-state index in [1.54, 1.807) is 18.2 Å². The lowest BCUT2D eigenvalue weighted by Crippen LogP contribution is -2.04. The van der Waals surface area contributed by atoms with Crippen molar-refractivity contribution in [3.63, 3.8) is 0 Å². The predicted molar refractivity (Wildman–Crippen MR) is 61.6 cm³/mol. The third kappa shape index (κ3) is 2.34. The van der Waals surface area contributed by atoms with E-state index in [-0.39, 0.29) is 5.56 Å². The summed E-state index contributed by atoms with van der Waals surface area (Å²) in [5, 5.41) is 10.0. The van der Waals surface area contributed by atoms with E-state index in [2.05, 4.69) is 0 Å².